The van der Waals surface area contributed by atoms with Crippen LogP contribution in [0.5, 0.6) is 0 Å². The van der Waals surface area contributed by atoms with Gasteiger partial charge in [-0.05, 0) is 47.9 Å². The Balaban J connectivity index is 1.45. The molecule has 4 rings (SSSR count). The van der Waals surface area contributed by atoms with Crippen molar-refractivity contribution < 1.29 is 19.0 Å². The van der Waals surface area contributed by atoms with E-state index in [1.807, 2.05) is 6.07 Å². The zero-order chi connectivity index (χ0) is 22.0. The first kappa shape index (κ1) is 21.3. The largest absolute Gasteiger partial charge is 0.478 e. The topological polar surface area (TPSA) is 61.8 Å². The number of halogens is 1. The van der Waals surface area contributed by atoms with Crippen LogP contribution in [-0.2, 0) is 4.74 Å². The molecule has 0 amide bonds. The number of nitrogens with one attached hydrogen (secondary N) is 1. The van der Waals surface area contributed by atoms with Crippen LogP contribution in [0.3, 0.4) is 0 Å². The van der Waals surface area contributed by atoms with Gasteiger partial charge in [0.2, 0.25) is 0 Å². The third kappa shape index (κ3) is 4.40. The van der Waals surface area contributed by atoms with Crippen molar-refractivity contribution in [1.82, 2.24) is 5.32 Å². The highest BCUT2D eigenvalue weighted by Crippen LogP contribution is 2.28. The number of benzene rings is 3. The van der Waals surface area contributed by atoms with Gasteiger partial charge in [-0.25, -0.2) is 9.18 Å². The predicted octanol–water partition coefficient (Wildman–Crippen LogP) is 4.54. The Morgan fingerprint density at radius 2 is 2.00 bits per heavy atom. The Morgan fingerprint density at radius 1 is 1.23 bits per heavy atom. The first-order valence-corrected chi connectivity index (χ1v) is 10.6. The quantitative estimate of drug-likeness (QED) is 0.611. The summed E-state index contributed by atoms with van der Waals surface area (Å²) in [6.07, 6.45) is -0.0519. The molecule has 2 atom stereocenters. The molecule has 1 unspecified atom stereocenters. The molecule has 1 heterocycles. The molecular formula is C25H27FN2O3. The van der Waals surface area contributed by atoms with Gasteiger partial charge >= 0.3 is 5.97 Å². The molecular weight excluding hydrogens is 395 g/mol. The molecule has 2 N–H and O–H groups in total. The van der Waals surface area contributed by atoms with Crippen LogP contribution in [-0.4, -0.2) is 43.4 Å². The Labute approximate surface area is 181 Å². The van der Waals surface area contributed by atoms with Crippen molar-refractivity contribution in [2.24, 2.45) is 0 Å². The van der Waals surface area contributed by atoms with E-state index in [-0.39, 0.29) is 17.7 Å². The smallest absolute Gasteiger partial charge is 0.339 e. The first-order chi connectivity index (χ1) is 15.0. The van der Waals surface area contributed by atoms with Crippen LogP contribution < -0.4 is 10.2 Å². The van der Waals surface area contributed by atoms with E-state index in [4.69, 9.17) is 4.74 Å². The Morgan fingerprint density at radius 3 is 2.81 bits per heavy atom. The number of rotatable bonds is 6. The van der Waals surface area contributed by atoms with E-state index in [1.54, 1.807) is 13.0 Å². The van der Waals surface area contributed by atoms with Crippen molar-refractivity contribution in [2.75, 3.05) is 31.1 Å². The number of carbonyl (C=O) groups is 1. The fourth-order valence-corrected chi connectivity index (χ4v) is 4.38. The van der Waals surface area contributed by atoms with Gasteiger partial charge in [-0.3, -0.25) is 0 Å². The van der Waals surface area contributed by atoms with Gasteiger partial charge < -0.3 is 20.1 Å². The molecule has 3 aromatic carbocycles. The molecule has 5 nitrogen and oxygen atoms in total. The van der Waals surface area contributed by atoms with Crippen molar-refractivity contribution in [3.63, 3.8) is 0 Å². The number of morpholine rings is 1. The molecule has 1 fully saturated rings. The number of carboxylic acids is 1. The summed E-state index contributed by atoms with van der Waals surface area (Å²) in [7, 11) is 0. The SMILES string of the molecule is Cc1c(N2CCOC(CN[C@H](C)c3cccc4ccccc34)C2)ccc(F)c1C(=O)O. The van der Waals surface area contributed by atoms with Crippen molar-refractivity contribution in [3.8, 4) is 0 Å². The second-order valence-electron chi connectivity index (χ2n) is 8.01. The van der Waals surface area contributed by atoms with Crippen LogP contribution in [0.1, 0.15) is 34.5 Å². The van der Waals surface area contributed by atoms with Gasteiger partial charge in [0, 0.05) is 31.4 Å². The molecule has 1 aliphatic heterocycles. The van der Waals surface area contributed by atoms with Crippen molar-refractivity contribution in [1.29, 1.82) is 0 Å². The summed E-state index contributed by atoms with van der Waals surface area (Å²) in [6.45, 7) is 6.25. The van der Waals surface area contributed by atoms with Crippen LogP contribution in [0.15, 0.2) is 54.6 Å². The van der Waals surface area contributed by atoms with Crippen molar-refractivity contribution in [2.45, 2.75) is 26.0 Å². The van der Waals surface area contributed by atoms with Gasteiger partial charge in [-0.2, -0.15) is 0 Å². The normalized spacial score (nSPS) is 17.6. The number of hydrogen-bond donors (Lipinski definition) is 2. The summed E-state index contributed by atoms with van der Waals surface area (Å²) < 4.78 is 19.9. The Kier molecular flexibility index (Phi) is 6.20. The lowest BCUT2D eigenvalue weighted by Crippen LogP contribution is -2.47. The summed E-state index contributed by atoms with van der Waals surface area (Å²) in [5, 5.41) is 15.4. The summed E-state index contributed by atoms with van der Waals surface area (Å²) in [6, 6.07) is 17.7. The van der Waals surface area contributed by atoms with Gasteiger partial charge in [0.25, 0.3) is 0 Å². The number of hydrogen-bond acceptors (Lipinski definition) is 4. The van der Waals surface area contributed by atoms with E-state index in [1.165, 1.54) is 22.4 Å². The summed E-state index contributed by atoms with van der Waals surface area (Å²) in [5.74, 6) is -1.95. The van der Waals surface area contributed by atoms with Gasteiger partial charge in [0.1, 0.15) is 11.4 Å². The molecule has 31 heavy (non-hydrogen) atoms. The predicted molar refractivity (Wildman–Crippen MR) is 120 cm³/mol. The third-order valence-electron chi connectivity index (χ3n) is 6.02. The van der Waals surface area contributed by atoms with Crippen LogP contribution >= 0.6 is 0 Å². The monoisotopic (exact) mass is 422 g/mol. The Bertz CT molecular complexity index is 1100. The van der Waals surface area contributed by atoms with Gasteiger partial charge in [0.15, 0.2) is 0 Å². The number of anilines is 1. The third-order valence-corrected chi connectivity index (χ3v) is 6.02. The minimum atomic E-state index is -1.24. The molecule has 1 aliphatic rings. The molecule has 6 heteroatoms. The molecule has 0 bridgehead atoms. The highest BCUT2D eigenvalue weighted by Gasteiger charge is 2.25. The molecule has 0 saturated carbocycles. The molecule has 1 saturated heterocycles. The second-order valence-corrected chi connectivity index (χ2v) is 8.01. The zero-order valence-electron chi connectivity index (χ0n) is 17.8. The fourth-order valence-electron chi connectivity index (χ4n) is 4.38. The fraction of sp³-hybridized carbons (Fsp3) is 0.320. The lowest BCUT2D eigenvalue weighted by Gasteiger charge is -2.36. The lowest BCUT2D eigenvalue weighted by molar-refractivity contribution is 0.0394. The molecule has 0 radical (unpaired) electrons. The molecule has 162 valence electrons. The van der Waals surface area contributed by atoms with Gasteiger partial charge in [-0.15, -0.1) is 0 Å². The first-order valence-electron chi connectivity index (χ1n) is 10.6. The highest BCUT2D eigenvalue weighted by molar-refractivity contribution is 5.91. The van der Waals surface area contributed by atoms with Crippen LogP contribution in [0.4, 0.5) is 10.1 Å². The van der Waals surface area contributed by atoms with Gasteiger partial charge in [0.05, 0.1) is 12.7 Å². The minimum absolute atomic E-state index is 0.0519. The maximum atomic E-state index is 14.0. The standard InChI is InChI=1S/C25H27FN2O3/c1-16-23(11-10-22(26)24(16)25(29)30)28-12-13-31-19(15-28)14-27-17(2)20-9-5-7-18-6-3-4-8-21(18)20/h3-11,17,19,27H,12-15H2,1-2H3,(H,29,30)/t17-,19?/m1/s1. The number of ether oxygens (including phenoxy) is 1. The highest BCUT2D eigenvalue weighted by atomic mass is 19.1. The van der Waals surface area contributed by atoms with E-state index in [9.17, 15) is 14.3 Å². The number of carboxylic acid groups (broad SMARTS) is 1. The van der Waals surface area contributed by atoms with Crippen molar-refractivity contribution in [3.05, 3.63) is 77.1 Å². The van der Waals surface area contributed by atoms with Crippen LogP contribution in [0.25, 0.3) is 10.8 Å². The molecule has 0 aliphatic carbocycles. The Hall–Kier alpha value is -2.96. The van der Waals surface area contributed by atoms with Crippen LogP contribution in [0.2, 0.25) is 0 Å². The van der Waals surface area contributed by atoms with E-state index in [0.29, 0.717) is 31.8 Å². The average molecular weight is 423 g/mol. The maximum Gasteiger partial charge on any atom is 0.339 e. The zero-order valence-corrected chi connectivity index (χ0v) is 17.8. The molecule has 0 aromatic heterocycles. The van der Waals surface area contributed by atoms with E-state index < -0.39 is 11.8 Å². The molecule has 3 aromatic rings. The summed E-state index contributed by atoms with van der Waals surface area (Å²) in [4.78, 5) is 13.5. The summed E-state index contributed by atoms with van der Waals surface area (Å²) in [5.41, 5.74) is 2.17. The summed E-state index contributed by atoms with van der Waals surface area (Å²) >= 11 is 0. The van der Waals surface area contributed by atoms with E-state index >= 15 is 0 Å². The maximum absolute atomic E-state index is 14.0. The molecule has 0 spiro atoms. The van der Waals surface area contributed by atoms with E-state index in [2.05, 4.69) is 53.5 Å². The van der Waals surface area contributed by atoms with Crippen molar-refractivity contribution >= 4 is 22.4 Å². The van der Waals surface area contributed by atoms with Crippen LogP contribution in [0, 0.1) is 12.7 Å². The number of aromatic carboxylic acids is 1. The van der Waals surface area contributed by atoms with Gasteiger partial charge in [-0.1, -0.05) is 42.5 Å². The average Bonchev–Trinajstić information content (AvgIpc) is 2.77. The number of fused-ring (bicyclic) bond motifs is 1. The second kappa shape index (κ2) is 9.04. The lowest BCUT2D eigenvalue weighted by atomic mass is 9.99. The van der Waals surface area contributed by atoms with E-state index in [0.717, 1.165) is 5.69 Å². The number of nitrogens with zero attached hydrogens (tertiary/aromatic N) is 1. The minimum Gasteiger partial charge on any atom is -0.478 e.